The maximum Gasteiger partial charge on any atom is 0.275 e. The van der Waals surface area contributed by atoms with Gasteiger partial charge in [0.2, 0.25) is 0 Å². The second-order valence-electron chi connectivity index (χ2n) is 4.04. The molecule has 0 aliphatic carbocycles. The summed E-state index contributed by atoms with van der Waals surface area (Å²) in [7, 11) is 0. The molecule has 0 bridgehead atoms. The van der Waals surface area contributed by atoms with Gasteiger partial charge in [-0.25, -0.2) is 15.8 Å². The van der Waals surface area contributed by atoms with E-state index in [1.807, 2.05) is 25.1 Å². The Morgan fingerprint density at radius 2 is 2.15 bits per heavy atom. The molecule has 0 unspecified atom stereocenters. The third kappa shape index (κ3) is 3.31. The lowest BCUT2D eigenvalue weighted by molar-refractivity contribution is 0.102. The Labute approximate surface area is 124 Å². The summed E-state index contributed by atoms with van der Waals surface area (Å²) in [6.07, 6.45) is 3.59. The van der Waals surface area contributed by atoms with E-state index in [-0.39, 0.29) is 11.6 Å². The van der Waals surface area contributed by atoms with E-state index in [2.05, 4.69) is 36.6 Å². The number of benzene rings is 1. The minimum atomic E-state index is -0.307. The van der Waals surface area contributed by atoms with Crippen LogP contribution in [0.1, 0.15) is 23.0 Å². The summed E-state index contributed by atoms with van der Waals surface area (Å²) in [5.74, 6) is 5.29. The highest BCUT2D eigenvalue weighted by Crippen LogP contribution is 2.22. The van der Waals surface area contributed by atoms with Gasteiger partial charge in [-0.05, 0) is 30.2 Å². The number of nitrogen functional groups attached to an aromatic ring is 1. The summed E-state index contributed by atoms with van der Waals surface area (Å²) >= 11 is 3.41. The third-order valence-electron chi connectivity index (χ3n) is 2.73. The quantitative estimate of drug-likeness (QED) is 0.589. The van der Waals surface area contributed by atoms with Gasteiger partial charge in [0, 0.05) is 10.2 Å². The lowest BCUT2D eigenvalue weighted by atomic mass is 10.1. The largest absolute Gasteiger partial charge is 0.320 e. The number of nitrogens with two attached hydrogens (primary N) is 1. The molecule has 0 fully saturated rings. The SMILES string of the molecule is CCc1cc(Br)ccc1NC(=O)c1cnc(NN)cn1. The number of hydrogen-bond acceptors (Lipinski definition) is 5. The maximum absolute atomic E-state index is 12.1. The van der Waals surface area contributed by atoms with E-state index in [1.54, 1.807) is 0 Å². The van der Waals surface area contributed by atoms with Crippen molar-refractivity contribution in [2.45, 2.75) is 13.3 Å². The van der Waals surface area contributed by atoms with Crippen molar-refractivity contribution < 1.29 is 4.79 Å². The van der Waals surface area contributed by atoms with Crippen molar-refractivity contribution in [1.82, 2.24) is 9.97 Å². The second-order valence-corrected chi connectivity index (χ2v) is 4.96. The van der Waals surface area contributed by atoms with Crippen molar-refractivity contribution in [2.24, 2.45) is 5.84 Å². The molecule has 20 heavy (non-hydrogen) atoms. The van der Waals surface area contributed by atoms with Gasteiger partial charge in [-0.1, -0.05) is 22.9 Å². The van der Waals surface area contributed by atoms with Crippen LogP contribution in [0.15, 0.2) is 35.1 Å². The van der Waals surface area contributed by atoms with Crippen LogP contribution in [0, 0.1) is 0 Å². The molecule has 6 nitrogen and oxygen atoms in total. The summed E-state index contributed by atoms with van der Waals surface area (Å²) in [6, 6.07) is 5.70. The van der Waals surface area contributed by atoms with Crippen LogP contribution in [0.4, 0.5) is 11.5 Å². The minimum Gasteiger partial charge on any atom is -0.320 e. The second kappa shape index (κ2) is 6.44. The molecule has 0 atom stereocenters. The molecule has 1 aromatic heterocycles. The van der Waals surface area contributed by atoms with Crippen LogP contribution >= 0.6 is 15.9 Å². The van der Waals surface area contributed by atoms with Crippen LogP contribution in [-0.4, -0.2) is 15.9 Å². The fourth-order valence-corrected chi connectivity index (χ4v) is 2.09. The minimum absolute atomic E-state index is 0.231. The predicted octanol–water partition coefficient (Wildman–Crippen LogP) is 2.34. The standard InChI is InChI=1S/C13H14BrN5O/c1-2-8-5-9(14)3-4-10(8)18-13(20)11-6-17-12(19-15)7-16-11/h3-7H,2,15H2,1H3,(H,17,19)(H,18,20). The van der Waals surface area contributed by atoms with E-state index in [0.717, 1.165) is 22.1 Å². The van der Waals surface area contributed by atoms with E-state index in [0.29, 0.717) is 5.82 Å². The van der Waals surface area contributed by atoms with Gasteiger partial charge in [-0.15, -0.1) is 0 Å². The Hall–Kier alpha value is -1.99. The summed E-state index contributed by atoms with van der Waals surface area (Å²) in [5.41, 5.74) is 4.40. The van der Waals surface area contributed by atoms with Crippen molar-refractivity contribution in [3.05, 3.63) is 46.3 Å². The Balaban J connectivity index is 2.18. The van der Waals surface area contributed by atoms with Gasteiger partial charge in [-0.2, -0.15) is 0 Å². The van der Waals surface area contributed by atoms with Gasteiger partial charge < -0.3 is 10.7 Å². The maximum atomic E-state index is 12.1. The molecule has 1 amide bonds. The van der Waals surface area contributed by atoms with Crippen molar-refractivity contribution in [1.29, 1.82) is 0 Å². The zero-order chi connectivity index (χ0) is 14.5. The number of nitrogens with one attached hydrogen (secondary N) is 2. The third-order valence-corrected chi connectivity index (χ3v) is 3.22. The molecule has 0 saturated carbocycles. The summed E-state index contributed by atoms with van der Waals surface area (Å²) in [5, 5.41) is 2.83. The molecule has 2 aromatic rings. The molecular formula is C13H14BrN5O. The van der Waals surface area contributed by atoms with E-state index < -0.39 is 0 Å². The first-order chi connectivity index (χ1) is 9.63. The molecule has 4 N–H and O–H groups in total. The average molecular weight is 336 g/mol. The number of hydrogen-bond donors (Lipinski definition) is 3. The number of aromatic nitrogens is 2. The molecule has 0 radical (unpaired) electrons. The Morgan fingerprint density at radius 3 is 2.75 bits per heavy atom. The van der Waals surface area contributed by atoms with Gasteiger partial charge in [0.05, 0.1) is 12.4 Å². The first kappa shape index (κ1) is 14.4. The first-order valence-corrected chi connectivity index (χ1v) is 6.81. The van der Waals surface area contributed by atoms with Gasteiger partial charge in [0.15, 0.2) is 5.82 Å². The average Bonchev–Trinajstić information content (AvgIpc) is 2.49. The number of carbonyl (C=O) groups excluding carboxylic acids is 1. The molecule has 0 spiro atoms. The number of halogens is 1. The number of amides is 1. The van der Waals surface area contributed by atoms with Crippen LogP contribution in [0.25, 0.3) is 0 Å². The topological polar surface area (TPSA) is 92.9 Å². The van der Waals surface area contributed by atoms with Gasteiger partial charge >= 0.3 is 0 Å². The number of hydrazine groups is 1. The molecular weight excluding hydrogens is 322 g/mol. The number of anilines is 2. The lowest BCUT2D eigenvalue weighted by Crippen LogP contribution is -2.16. The fraction of sp³-hybridized carbons (Fsp3) is 0.154. The van der Waals surface area contributed by atoms with Crippen molar-refractivity contribution in [2.75, 3.05) is 10.7 Å². The van der Waals surface area contributed by atoms with E-state index in [4.69, 9.17) is 5.84 Å². The van der Waals surface area contributed by atoms with Crippen LogP contribution in [0.3, 0.4) is 0 Å². The number of aryl methyl sites for hydroxylation is 1. The Kier molecular flexibility index (Phi) is 4.65. The molecule has 0 aliphatic heterocycles. The Morgan fingerprint density at radius 1 is 1.35 bits per heavy atom. The first-order valence-electron chi connectivity index (χ1n) is 6.02. The van der Waals surface area contributed by atoms with E-state index in [9.17, 15) is 4.79 Å². The van der Waals surface area contributed by atoms with Gasteiger partial charge in [0.1, 0.15) is 5.69 Å². The van der Waals surface area contributed by atoms with Gasteiger partial charge in [-0.3, -0.25) is 4.79 Å². The molecule has 104 valence electrons. The fourth-order valence-electron chi connectivity index (χ4n) is 1.68. The summed E-state index contributed by atoms with van der Waals surface area (Å²) in [4.78, 5) is 20.0. The molecule has 2 rings (SSSR count). The Bertz CT molecular complexity index is 615. The number of carbonyl (C=O) groups is 1. The highest BCUT2D eigenvalue weighted by Gasteiger charge is 2.10. The molecule has 0 aliphatic rings. The highest BCUT2D eigenvalue weighted by atomic mass is 79.9. The zero-order valence-corrected chi connectivity index (χ0v) is 12.4. The van der Waals surface area contributed by atoms with Crippen molar-refractivity contribution in [3.8, 4) is 0 Å². The lowest BCUT2D eigenvalue weighted by Gasteiger charge is -2.10. The number of nitrogens with zero attached hydrogens (tertiary/aromatic N) is 2. The summed E-state index contributed by atoms with van der Waals surface area (Å²) in [6.45, 7) is 2.03. The van der Waals surface area contributed by atoms with E-state index >= 15 is 0 Å². The van der Waals surface area contributed by atoms with Crippen LogP contribution in [0.2, 0.25) is 0 Å². The monoisotopic (exact) mass is 335 g/mol. The van der Waals surface area contributed by atoms with Gasteiger partial charge in [0.25, 0.3) is 5.91 Å². The van der Waals surface area contributed by atoms with Crippen molar-refractivity contribution in [3.63, 3.8) is 0 Å². The summed E-state index contributed by atoms with van der Waals surface area (Å²) < 4.78 is 0.977. The highest BCUT2D eigenvalue weighted by molar-refractivity contribution is 9.10. The molecule has 1 aromatic carbocycles. The molecule has 7 heteroatoms. The smallest absolute Gasteiger partial charge is 0.275 e. The zero-order valence-electron chi connectivity index (χ0n) is 10.9. The van der Waals surface area contributed by atoms with E-state index in [1.165, 1.54) is 12.4 Å². The van der Waals surface area contributed by atoms with Crippen LogP contribution in [0.5, 0.6) is 0 Å². The van der Waals surface area contributed by atoms with Crippen molar-refractivity contribution >= 4 is 33.3 Å². The molecule has 0 saturated heterocycles. The van der Waals surface area contributed by atoms with Crippen LogP contribution in [-0.2, 0) is 6.42 Å². The normalized spacial score (nSPS) is 10.2. The number of rotatable bonds is 4. The van der Waals surface area contributed by atoms with Crippen LogP contribution < -0.4 is 16.6 Å². The predicted molar refractivity (Wildman–Crippen MR) is 81.3 cm³/mol. The molecule has 1 heterocycles.